The van der Waals surface area contributed by atoms with E-state index in [1.54, 1.807) is 31.2 Å². The Labute approximate surface area is 170 Å². The van der Waals surface area contributed by atoms with Crippen LogP contribution in [0, 0.1) is 6.92 Å². The van der Waals surface area contributed by atoms with Crippen LogP contribution < -0.4 is 0 Å². The highest BCUT2D eigenvalue weighted by molar-refractivity contribution is 7.89. The second-order valence-corrected chi connectivity index (χ2v) is 8.87. The number of rotatable bonds is 4. The lowest BCUT2D eigenvalue weighted by molar-refractivity contribution is 0.371. The molecule has 3 aromatic rings. The van der Waals surface area contributed by atoms with E-state index >= 15 is 0 Å². The molecule has 0 unspecified atom stereocenters. The summed E-state index contributed by atoms with van der Waals surface area (Å²) in [5.74, 6) is 0. The first kappa shape index (κ1) is 18.7. The summed E-state index contributed by atoms with van der Waals surface area (Å²) < 4.78 is 28.2. The van der Waals surface area contributed by atoms with Crippen molar-refractivity contribution in [3.8, 4) is 0 Å². The summed E-state index contributed by atoms with van der Waals surface area (Å²) in [5.41, 5.74) is 3.00. The van der Waals surface area contributed by atoms with Crippen molar-refractivity contribution < 1.29 is 8.42 Å². The third-order valence-electron chi connectivity index (χ3n) is 4.86. The molecule has 0 saturated heterocycles. The van der Waals surface area contributed by atoms with E-state index in [9.17, 15) is 8.42 Å². The first-order valence-corrected chi connectivity index (χ1v) is 10.8. The Balaban J connectivity index is 1.85. The average Bonchev–Trinajstić information content (AvgIpc) is 3.15. The molecule has 1 heterocycles. The van der Waals surface area contributed by atoms with Crippen LogP contribution in [0.4, 0.5) is 0 Å². The van der Waals surface area contributed by atoms with Crippen molar-refractivity contribution in [2.24, 2.45) is 5.10 Å². The van der Waals surface area contributed by atoms with E-state index in [0.717, 1.165) is 11.1 Å². The maximum absolute atomic E-state index is 13.5. The molecule has 4 nitrogen and oxygen atoms in total. The first-order valence-electron chi connectivity index (χ1n) is 8.96. The zero-order valence-electron chi connectivity index (χ0n) is 15.3. The zero-order chi connectivity index (χ0) is 19.7. The minimum atomic E-state index is -3.82. The molecule has 0 radical (unpaired) electrons. The van der Waals surface area contributed by atoms with Gasteiger partial charge in [-0.15, -0.1) is 0 Å². The SMILES string of the molecule is Cc1ccccc1S(=O)(=O)N1N=C(c2ccccc2Cl)C[C@H]1c1ccccc1. The molecule has 0 bridgehead atoms. The van der Waals surface area contributed by atoms with E-state index in [4.69, 9.17) is 11.6 Å². The molecular weight excluding hydrogens is 392 g/mol. The van der Waals surface area contributed by atoms with Crippen LogP contribution in [0.3, 0.4) is 0 Å². The molecule has 4 rings (SSSR count). The van der Waals surface area contributed by atoms with E-state index in [2.05, 4.69) is 5.10 Å². The van der Waals surface area contributed by atoms with Crippen molar-refractivity contribution in [1.29, 1.82) is 0 Å². The van der Waals surface area contributed by atoms with Crippen LogP contribution in [0.15, 0.2) is 88.9 Å². The van der Waals surface area contributed by atoms with Gasteiger partial charge in [-0.3, -0.25) is 0 Å². The van der Waals surface area contributed by atoms with Crippen molar-refractivity contribution in [3.63, 3.8) is 0 Å². The number of hydrogen-bond donors (Lipinski definition) is 0. The van der Waals surface area contributed by atoms with Gasteiger partial charge in [-0.1, -0.05) is 78.3 Å². The molecule has 0 N–H and O–H groups in total. The van der Waals surface area contributed by atoms with E-state index in [1.165, 1.54) is 4.41 Å². The molecule has 0 aromatic heterocycles. The normalized spacial score (nSPS) is 16.9. The monoisotopic (exact) mass is 410 g/mol. The van der Waals surface area contributed by atoms with Gasteiger partial charge in [0.15, 0.2) is 0 Å². The fourth-order valence-electron chi connectivity index (χ4n) is 3.44. The Morgan fingerprint density at radius 1 is 0.929 bits per heavy atom. The van der Waals surface area contributed by atoms with Crippen LogP contribution in [0.2, 0.25) is 5.02 Å². The molecule has 0 amide bonds. The molecule has 1 atom stereocenters. The fourth-order valence-corrected chi connectivity index (χ4v) is 5.35. The van der Waals surface area contributed by atoms with E-state index in [1.807, 2.05) is 54.6 Å². The van der Waals surface area contributed by atoms with Gasteiger partial charge in [-0.05, 0) is 30.2 Å². The summed E-state index contributed by atoms with van der Waals surface area (Å²) >= 11 is 6.35. The van der Waals surface area contributed by atoms with Crippen LogP contribution in [0.1, 0.15) is 29.2 Å². The predicted molar refractivity (Wildman–Crippen MR) is 112 cm³/mol. The summed E-state index contributed by atoms with van der Waals surface area (Å²) in [4.78, 5) is 0.264. The van der Waals surface area contributed by atoms with E-state index < -0.39 is 16.1 Å². The zero-order valence-corrected chi connectivity index (χ0v) is 16.9. The molecule has 142 valence electrons. The van der Waals surface area contributed by atoms with E-state index in [-0.39, 0.29) is 4.90 Å². The summed E-state index contributed by atoms with van der Waals surface area (Å²) in [5, 5.41) is 5.10. The van der Waals surface area contributed by atoms with Gasteiger partial charge < -0.3 is 0 Å². The van der Waals surface area contributed by atoms with Gasteiger partial charge in [0, 0.05) is 17.0 Å². The average molecular weight is 411 g/mol. The molecule has 0 spiro atoms. The van der Waals surface area contributed by atoms with Crippen LogP contribution >= 0.6 is 11.6 Å². The van der Waals surface area contributed by atoms with Gasteiger partial charge in [-0.25, -0.2) is 0 Å². The van der Waals surface area contributed by atoms with Gasteiger partial charge >= 0.3 is 0 Å². The predicted octanol–water partition coefficient (Wildman–Crippen LogP) is 5.19. The van der Waals surface area contributed by atoms with Crippen LogP contribution in [-0.4, -0.2) is 18.5 Å². The van der Waals surface area contributed by atoms with Gasteiger partial charge in [0.25, 0.3) is 10.0 Å². The van der Waals surface area contributed by atoms with Crippen molar-refractivity contribution in [3.05, 3.63) is 101 Å². The van der Waals surface area contributed by atoms with Gasteiger partial charge in [0.1, 0.15) is 0 Å². The second kappa shape index (κ2) is 7.41. The topological polar surface area (TPSA) is 49.7 Å². The summed E-state index contributed by atoms with van der Waals surface area (Å²) in [6.45, 7) is 1.79. The molecule has 0 fully saturated rings. The van der Waals surface area contributed by atoms with Gasteiger partial charge in [-0.2, -0.15) is 17.9 Å². The molecular formula is C22H19ClN2O2S. The Hall–Kier alpha value is -2.63. The molecule has 1 aliphatic rings. The highest BCUT2D eigenvalue weighted by atomic mass is 35.5. The summed E-state index contributed by atoms with van der Waals surface area (Å²) in [6.07, 6.45) is 0.457. The quantitative estimate of drug-likeness (QED) is 0.594. The molecule has 0 saturated carbocycles. The van der Waals surface area contributed by atoms with Crippen molar-refractivity contribution in [2.45, 2.75) is 24.3 Å². The van der Waals surface area contributed by atoms with Gasteiger partial charge in [0.2, 0.25) is 0 Å². The number of benzene rings is 3. The van der Waals surface area contributed by atoms with Crippen LogP contribution in [0.5, 0.6) is 0 Å². The Morgan fingerprint density at radius 3 is 2.29 bits per heavy atom. The maximum atomic E-state index is 13.5. The molecule has 3 aromatic carbocycles. The van der Waals surface area contributed by atoms with Gasteiger partial charge in [0.05, 0.1) is 16.6 Å². The smallest absolute Gasteiger partial charge is 0.200 e. The first-order chi connectivity index (χ1) is 13.5. The Morgan fingerprint density at radius 2 is 1.57 bits per heavy atom. The molecule has 28 heavy (non-hydrogen) atoms. The minimum absolute atomic E-state index is 0.264. The van der Waals surface area contributed by atoms with Crippen molar-refractivity contribution in [1.82, 2.24) is 4.41 Å². The molecule has 1 aliphatic heterocycles. The van der Waals surface area contributed by atoms with Crippen LogP contribution in [0.25, 0.3) is 0 Å². The minimum Gasteiger partial charge on any atom is -0.200 e. The molecule has 6 heteroatoms. The maximum Gasteiger partial charge on any atom is 0.279 e. The van der Waals surface area contributed by atoms with Crippen LogP contribution in [-0.2, 0) is 10.0 Å². The van der Waals surface area contributed by atoms with Crippen molar-refractivity contribution >= 4 is 27.3 Å². The Bertz CT molecular complexity index is 1140. The summed E-state index contributed by atoms with van der Waals surface area (Å²) in [7, 11) is -3.82. The third kappa shape index (κ3) is 3.32. The number of sulfonamides is 1. The number of halogens is 1. The third-order valence-corrected chi connectivity index (χ3v) is 7.03. The fraction of sp³-hybridized carbons (Fsp3) is 0.136. The molecule has 0 aliphatic carbocycles. The number of hydrazone groups is 1. The lowest BCUT2D eigenvalue weighted by atomic mass is 9.99. The lowest BCUT2D eigenvalue weighted by Gasteiger charge is -2.24. The van der Waals surface area contributed by atoms with E-state index in [0.29, 0.717) is 22.7 Å². The van der Waals surface area contributed by atoms with Crippen molar-refractivity contribution in [2.75, 3.05) is 0 Å². The second-order valence-electron chi connectivity index (χ2n) is 6.70. The highest BCUT2D eigenvalue weighted by Crippen LogP contribution is 2.38. The lowest BCUT2D eigenvalue weighted by Crippen LogP contribution is -2.27. The largest absolute Gasteiger partial charge is 0.279 e. The standard InChI is InChI=1S/C22H19ClN2O2S/c1-16-9-5-8-14-22(16)28(26,27)25-21(17-10-3-2-4-11-17)15-20(24-25)18-12-6-7-13-19(18)23/h2-14,21H,15H2,1H3/t21-/m0/s1. The number of aryl methyl sites for hydroxylation is 1. The summed E-state index contributed by atoms with van der Waals surface area (Å²) in [6, 6.07) is 23.5. The number of hydrogen-bond acceptors (Lipinski definition) is 3. The Kier molecular flexibility index (Phi) is 4.96. The number of nitrogens with zero attached hydrogens (tertiary/aromatic N) is 2. The highest BCUT2D eigenvalue weighted by Gasteiger charge is 2.38.